The van der Waals surface area contributed by atoms with Crippen molar-refractivity contribution in [1.82, 2.24) is 24.9 Å². The van der Waals surface area contributed by atoms with Crippen LogP contribution in [-0.4, -0.2) is 52.5 Å². The molecule has 0 unspecified atom stereocenters. The van der Waals surface area contributed by atoms with E-state index in [2.05, 4.69) is 35.2 Å². The van der Waals surface area contributed by atoms with Crippen LogP contribution in [0.5, 0.6) is 5.88 Å². The standard InChI is InChI=1S/C23H19F3N8O3S/c1-21(19-22(10-35,23(19,25)26)38-20(27)34-21)12-6-11(7-31-17(12)24)32-18-16-13(2-3-29-18)33-14(8-30-16)37-9-15-28-4-5-36-15/h2-8,19,35H,9-10H2,1H3,(H2,27,34)(H,29,32)/t19-,21-,22-/m1/s1. The number of aliphatic hydroxyl groups is 1. The van der Waals surface area contributed by atoms with Crippen molar-refractivity contribution in [3.8, 4) is 5.88 Å². The summed E-state index contributed by atoms with van der Waals surface area (Å²) in [5.74, 6) is -4.90. The summed E-state index contributed by atoms with van der Waals surface area (Å²) in [6, 6.07) is 2.95. The largest absolute Gasteiger partial charge is 0.467 e. The summed E-state index contributed by atoms with van der Waals surface area (Å²) >= 11 is 0.610. The Morgan fingerprint density at radius 3 is 2.82 bits per heavy atom. The molecule has 4 aromatic heterocycles. The zero-order chi connectivity index (χ0) is 26.7. The molecule has 0 bridgehead atoms. The number of aliphatic hydroxyl groups excluding tert-OH is 1. The zero-order valence-corrected chi connectivity index (χ0v) is 20.4. The van der Waals surface area contributed by atoms with E-state index in [0.717, 1.165) is 0 Å². The van der Waals surface area contributed by atoms with Crippen molar-refractivity contribution >= 4 is 39.5 Å². The summed E-state index contributed by atoms with van der Waals surface area (Å²) in [6.45, 7) is 0.590. The number of anilines is 2. The SMILES string of the molecule is C[C@]1(c2cc(Nc3nccc4nc(OCc5ncco5)cnc34)cnc2F)N=C(N)S[C@]2(CO)[C@@H]1C2(F)F. The van der Waals surface area contributed by atoms with E-state index in [4.69, 9.17) is 14.9 Å². The van der Waals surface area contributed by atoms with Crippen LogP contribution in [0, 0.1) is 11.9 Å². The maximum absolute atomic E-state index is 15.0. The number of alkyl halides is 2. The highest BCUT2D eigenvalue weighted by Crippen LogP contribution is 2.74. The van der Waals surface area contributed by atoms with E-state index >= 15 is 0 Å². The molecule has 0 saturated heterocycles. The van der Waals surface area contributed by atoms with Crippen LogP contribution >= 0.6 is 11.8 Å². The van der Waals surface area contributed by atoms with Gasteiger partial charge in [-0.25, -0.2) is 33.7 Å². The quantitative estimate of drug-likeness (QED) is 0.294. The molecule has 5 heterocycles. The molecular formula is C23H19F3N8O3S. The Morgan fingerprint density at radius 2 is 2.05 bits per heavy atom. The number of pyridine rings is 2. The normalized spacial score (nSPS) is 25.5. The van der Waals surface area contributed by atoms with E-state index in [1.54, 1.807) is 6.07 Å². The molecule has 4 aromatic rings. The van der Waals surface area contributed by atoms with Crippen molar-refractivity contribution in [2.45, 2.75) is 29.7 Å². The fourth-order valence-corrected chi connectivity index (χ4v) is 6.24. The lowest BCUT2D eigenvalue weighted by Crippen LogP contribution is -2.37. The average Bonchev–Trinajstić information content (AvgIpc) is 3.19. The molecule has 15 heteroatoms. The van der Waals surface area contributed by atoms with Crippen molar-refractivity contribution in [2.24, 2.45) is 16.6 Å². The second-order valence-electron chi connectivity index (χ2n) is 8.94. The fraction of sp³-hybridized carbons (Fsp3) is 0.304. The number of nitrogens with one attached hydrogen (secondary N) is 1. The van der Waals surface area contributed by atoms with Crippen molar-refractivity contribution in [2.75, 3.05) is 11.9 Å². The number of halogens is 3. The van der Waals surface area contributed by atoms with Gasteiger partial charge in [-0.3, -0.25) is 4.99 Å². The Bertz CT molecular complexity index is 1570. The number of aliphatic imine (C=N–C) groups is 1. The van der Waals surface area contributed by atoms with E-state index < -0.39 is 34.7 Å². The molecule has 1 saturated carbocycles. The van der Waals surface area contributed by atoms with Gasteiger partial charge in [0.15, 0.2) is 17.6 Å². The summed E-state index contributed by atoms with van der Waals surface area (Å²) in [5, 5.41) is 12.6. The molecule has 1 aliphatic heterocycles. The van der Waals surface area contributed by atoms with Crippen LogP contribution in [-0.2, 0) is 12.1 Å². The molecule has 3 atom stereocenters. The first-order chi connectivity index (χ1) is 18.2. The first-order valence-electron chi connectivity index (χ1n) is 11.3. The van der Waals surface area contributed by atoms with Gasteiger partial charge < -0.3 is 25.3 Å². The third-order valence-electron chi connectivity index (χ3n) is 6.65. The minimum absolute atomic E-state index is 0.0648. The highest BCUT2D eigenvalue weighted by Gasteiger charge is 2.87. The molecule has 2 aliphatic rings. The summed E-state index contributed by atoms with van der Waals surface area (Å²) in [7, 11) is 0. The van der Waals surface area contributed by atoms with Gasteiger partial charge in [-0.15, -0.1) is 0 Å². The predicted octanol–water partition coefficient (Wildman–Crippen LogP) is 3.14. The number of rotatable bonds is 7. The van der Waals surface area contributed by atoms with Crippen LogP contribution in [0.1, 0.15) is 18.4 Å². The van der Waals surface area contributed by atoms with Gasteiger partial charge in [0.25, 0.3) is 5.92 Å². The van der Waals surface area contributed by atoms with E-state index in [1.807, 2.05) is 0 Å². The molecule has 11 nitrogen and oxygen atoms in total. The van der Waals surface area contributed by atoms with Crippen molar-refractivity contribution in [3.63, 3.8) is 0 Å². The van der Waals surface area contributed by atoms with Crippen molar-refractivity contribution in [3.05, 3.63) is 60.6 Å². The lowest BCUT2D eigenvalue weighted by atomic mass is 9.86. The lowest BCUT2D eigenvalue weighted by Gasteiger charge is -2.31. The molecule has 196 valence electrons. The Labute approximate surface area is 216 Å². The molecule has 4 N–H and O–H groups in total. The van der Waals surface area contributed by atoms with Gasteiger partial charge in [0, 0.05) is 11.8 Å². The number of aromatic nitrogens is 5. The molecular weight excluding hydrogens is 525 g/mol. The minimum atomic E-state index is -3.32. The maximum Gasteiger partial charge on any atom is 0.272 e. The average molecular weight is 545 g/mol. The second kappa shape index (κ2) is 8.52. The smallest absolute Gasteiger partial charge is 0.272 e. The number of nitrogens with zero attached hydrogens (tertiary/aromatic N) is 6. The van der Waals surface area contributed by atoms with Gasteiger partial charge >= 0.3 is 0 Å². The number of fused-ring (bicyclic) bond motifs is 2. The van der Waals surface area contributed by atoms with Crippen LogP contribution in [0.25, 0.3) is 11.0 Å². The van der Waals surface area contributed by atoms with E-state index in [9.17, 15) is 18.3 Å². The molecule has 38 heavy (non-hydrogen) atoms. The van der Waals surface area contributed by atoms with Crippen molar-refractivity contribution < 1.29 is 27.4 Å². The number of ether oxygens (including phenoxy) is 1. The third kappa shape index (κ3) is 3.64. The van der Waals surface area contributed by atoms with Gasteiger partial charge in [0.2, 0.25) is 17.7 Å². The van der Waals surface area contributed by atoms with Crippen LogP contribution in [0.15, 0.2) is 52.6 Å². The first-order valence-corrected chi connectivity index (χ1v) is 12.1. The lowest BCUT2D eigenvalue weighted by molar-refractivity contribution is 0.0684. The number of nitrogens with two attached hydrogens (primary N) is 1. The molecule has 1 fully saturated rings. The fourth-order valence-electron chi connectivity index (χ4n) is 4.87. The van der Waals surface area contributed by atoms with Crippen molar-refractivity contribution in [1.29, 1.82) is 0 Å². The van der Waals surface area contributed by atoms with E-state index in [0.29, 0.717) is 28.7 Å². The summed E-state index contributed by atoms with van der Waals surface area (Å²) in [6.07, 6.45) is 7.00. The highest BCUT2D eigenvalue weighted by molar-refractivity contribution is 8.15. The summed E-state index contributed by atoms with van der Waals surface area (Å²) in [5.41, 5.74) is 4.95. The number of thioether (sulfide) groups is 1. The van der Waals surface area contributed by atoms with E-state index in [-0.39, 0.29) is 34.7 Å². The number of oxazole rings is 1. The van der Waals surface area contributed by atoms with Gasteiger partial charge in [-0.2, -0.15) is 4.39 Å². The van der Waals surface area contributed by atoms with Gasteiger partial charge in [-0.05, 0) is 19.1 Å². The zero-order valence-electron chi connectivity index (χ0n) is 19.6. The maximum atomic E-state index is 15.0. The monoisotopic (exact) mass is 544 g/mol. The number of amidine groups is 1. The van der Waals surface area contributed by atoms with Crippen LogP contribution in [0.3, 0.4) is 0 Å². The Kier molecular flexibility index (Phi) is 5.47. The predicted molar refractivity (Wildman–Crippen MR) is 130 cm³/mol. The van der Waals surface area contributed by atoms with Gasteiger partial charge in [0.05, 0.1) is 42.3 Å². The van der Waals surface area contributed by atoms with Crippen LogP contribution in [0.2, 0.25) is 0 Å². The highest BCUT2D eigenvalue weighted by atomic mass is 32.2. The molecule has 0 spiro atoms. The second-order valence-corrected chi connectivity index (χ2v) is 10.3. The first kappa shape index (κ1) is 24.4. The number of hydrogen-bond donors (Lipinski definition) is 3. The van der Waals surface area contributed by atoms with E-state index in [1.165, 1.54) is 44.0 Å². The van der Waals surface area contributed by atoms with Gasteiger partial charge in [0.1, 0.15) is 22.1 Å². The Balaban J connectivity index is 1.31. The third-order valence-corrected chi connectivity index (χ3v) is 7.95. The summed E-state index contributed by atoms with van der Waals surface area (Å²) in [4.78, 5) is 25.0. The molecule has 1 aliphatic carbocycles. The Hall–Kier alpha value is -3.98. The molecule has 0 radical (unpaired) electrons. The number of hydrogen-bond acceptors (Lipinski definition) is 12. The molecule has 0 amide bonds. The summed E-state index contributed by atoms with van der Waals surface area (Å²) < 4.78 is 53.6. The van der Waals surface area contributed by atoms with Crippen LogP contribution in [0.4, 0.5) is 24.7 Å². The molecule has 0 aromatic carbocycles. The molecule has 6 rings (SSSR count). The topological polar surface area (TPSA) is 157 Å². The van der Waals surface area contributed by atoms with Crippen LogP contribution < -0.4 is 15.8 Å². The van der Waals surface area contributed by atoms with Gasteiger partial charge in [-0.1, -0.05) is 11.8 Å². The minimum Gasteiger partial charge on any atom is -0.467 e. The Morgan fingerprint density at radius 1 is 1.21 bits per heavy atom.